The largest absolute Gasteiger partial charge is 0.490 e. The molecular formula is C20H31ClN2O3. The molecule has 0 saturated carbocycles. The van der Waals surface area contributed by atoms with Gasteiger partial charge < -0.3 is 19.7 Å². The molecule has 0 atom stereocenters. The van der Waals surface area contributed by atoms with E-state index in [1.807, 2.05) is 36.2 Å². The van der Waals surface area contributed by atoms with Crippen LogP contribution in [0.3, 0.4) is 0 Å². The summed E-state index contributed by atoms with van der Waals surface area (Å²) in [6.07, 6.45) is 5.52. The summed E-state index contributed by atoms with van der Waals surface area (Å²) < 4.78 is 11.3. The van der Waals surface area contributed by atoms with Crippen molar-refractivity contribution < 1.29 is 14.3 Å². The van der Waals surface area contributed by atoms with Gasteiger partial charge in [-0.15, -0.1) is 12.4 Å². The molecule has 146 valence electrons. The summed E-state index contributed by atoms with van der Waals surface area (Å²) >= 11 is 0. The van der Waals surface area contributed by atoms with Crippen LogP contribution >= 0.6 is 12.4 Å². The van der Waals surface area contributed by atoms with Gasteiger partial charge in [0.15, 0.2) is 0 Å². The molecule has 1 N–H and O–H groups in total. The fourth-order valence-corrected chi connectivity index (χ4v) is 3.62. The molecule has 6 heteroatoms. The third kappa shape index (κ3) is 5.86. The molecule has 1 aromatic carbocycles. The molecular weight excluding hydrogens is 352 g/mol. The first-order valence-electron chi connectivity index (χ1n) is 9.54. The number of piperidine rings is 1. The van der Waals surface area contributed by atoms with Crippen molar-refractivity contribution in [3.05, 3.63) is 29.8 Å². The van der Waals surface area contributed by atoms with Gasteiger partial charge in [-0.25, -0.2) is 0 Å². The normalized spacial score (nSPS) is 19.0. The summed E-state index contributed by atoms with van der Waals surface area (Å²) in [5.74, 6) is 1.73. The van der Waals surface area contributed by atoms with Crippen molar-refractivity contribution >= 4 is 18.3 Å². The molecule has 1 aromatic rings. The second-order valence-electron chi connectivity index (χ2n) is 7.08. The molecule has 3 rings (SSSR count). The first-order chi connectivity index (χ1) is 12.3. The zero-order valence-corrected chi connectivity index (χ0v) is 16.4. The summed E-state index contributed by atoms with van der Waals surface area (Å²) in [5, 5.41) is 3.21. The van der Waals surface area contributed by atoms with E-state index in [0.717, 1.165) is 75.8 Å². The summed E-state index contributed by atoms with van der Waals surface area (Å²) in [4.78, 5) is 14.7. The van der Waals surface area contributed by atoms with E-state index < -0.39 is 0 Å². The average Bonchev–Trinajstić information content (AvgIpc) is 2.68. The van der Waals surface area contributed by atoms with E-state index in [-0.39, 0.29) is 24.4 Å². The lowest BCUT2D eigenvalue weighted by atomic mass is 9.93. The molecule has 0 aromatic heterocycles. The van der Waals surface area contributed by atoms with Crippen LogP contribution in [-0.4, -0.2) is 56.8 Å². The second kappa shape index (κ2) is 10.8. The number of likely N-dealkylation sites (tertiary alicyclic amines) is 1. The standard InChI is InChI=1S/C20H30N2O3.ClH/c1-21-11-6-16-7-12-22(13-8-16)20(23)17-2-4-18(5-3-17)25-19-9-14-24-15-10-19;/h2-5,16,19,21H,6-15H2,1H3;1H. The van der Waals surface area contributed by atoms with Crippen LogP contribution in [-0.2, 0) is 4.74 Å². The maximum atomic E-state index is 12.7. The predicted molar refractivity (Wildman–Crippen MR) is 105 cm³/mol. The van der Waals surface area contributed by atoms with Crippen LogP contribution in [0.25, 0.3) is 0 Å². The molecule has 0 unspecified atom stereocenters. The lowest BCUT2D eigenvalue weighted by Crippen LogP contribution is -2.38. The molecule has 26 heavy (non-hydrogen) atoms. The van der Waals surface area contributed by atoms with Crippen molar-refractivity contribution in [2.24, 2.45) is 5.92 Å². The van der Waals surface area contributed by atoms with Gasteiger partial charge in [0.2, 0.25) is 0 Å². The van der Waals surface area contributed by atoms with Crippen molar-refractivity contribution in [2.75, 3.05) is 39.9 Å². The van der Waals surface area contributed by atoms with E-state index in [2.05, 4.69) is 5.32 Å². The first kappa shape index (κ1) is 21.0. The summed E-state index contributed by atoms with van der Waals surface area (Å²) in [7, 11) is 1.99. The highest BCUT2D eigenvalue weighted by Gasteiger charge is 2.23. The van der Waals surface area contributed by atoms with Crippen molar-refractivity contribution in [2.45, 2.75) is 38.2 Å². The van der Waals surface area contributed by atoms with E-state index in [1.165, 1.54) is 6.42 Å². The number of benzene rings is 1. The predicted octanol–water partition coefficient (Wildman–Crippen LogP) is 3.13. The van der Waals surface area contributed by atoms with Crippen LogP contribution in [0.1, 0.15) is 42.5 Å². The number of hydrogen-bond acceptors (Lipinski definition) is 4. The van der Waals surface area contributed by atoms with E-state index in [1.54, 1.807) is 0 Å². The molecule has 0 aliphatic carbocycles. The van der Waals surface area contributed by atoms with E-state index in [0.29, 0.717) is 0 Å². The molecule has 2 aliphatic rings. The second-order valence-corrected chi connectivity index (χ2v) is 7.08. The number of carbonyl (C=O) groups is 1. The molecule has 2 aliphatic heterocycles. The van der Waals surface area contributed by atoms with Crippen molar-refractivity contribution in [1.82, 2.24) is 10.2 Å². The fraction of sp³-hybridized carbons (Fsp3) is 0.650. The van der Waals surface area contributed by atoms with Gasteiger partial charge in [0.1, 0.15) is 11.9 Å². The van der Waals surface area contributed by atoms with Crippen LogP contribution in [0.15, 0.2) is 24.3 Å². The Morgan fingerprint density at radius 1 is 1.15 bits per heavy atom. The Morgan fingerprint density at radius 3 is 2.42 bits per heavy atom. The molecule has 0 radical (unpaired) electrons. The number of halogens is 1. The highest BCUT2D eigenvalue weighted by Crippen LogP contribution is 2.23. The van der Waals surface area contributed by atoms with E-state index in [9.17, 15) is 4.79 Å². The Kier molecular flexibility index (Phi) is 8.69. The Hall–Kier alpha value is -1.30. The van der Waals surface area contributed by atoms with Crippen molar-refractivity contribution in [3.63, 3.8) is 0 Å². The van der Waals surface area contributed by atoms with Crippen LogP contribution in [0.4, 0.5) is 0 Å². The third-order valence-electron chi connectivity index (χ3n) is 5.28. The molecule has 1 amide bonds. The maximum absolute atomic E-state index is 12.7. The molecule has 2 fully saturated rings. The van der Waals surface area contributed by atoms with Crippen LogP contribution in [0.5, 0.6) is 5.75 Å². The Labute approximate surface area is 162 Å². The number of hydrogen-bond donors (Lipinski definition) is 1. The minimum absolute atomic E-state index is 0. The lowest BCUT2D eigenvalue weighted by molar-refractivity contribution is 0.0255. The van der Waals surface area contributed by atoms with Gasteiger partial charge in [-0.2, -0.15) is 0 Å². The zero-order chi connectivity index (χ0) is 17.5. The van der Waals surface area contributed by atoms with Crippen molar-refractivity contribution in [1.29, 1.82) is 0 Å². The molecule has 0 bridgehead atoms. The Balaban J connectivity index is 0.00000243. The number of amides is 1. The van der Waals surface area contributed by atoms with Crippen LogP contribution in [0.2, 0.25) is 0 Å². The van der Waals surface area contributed by atoms with Gasteiger partial charge in [-0.05, 0) is 63.0 Å². The summed E-state index contributed by atoms with van der Waals surface area (Å²) in [6, 6.07) is 7.62. The van der Waals surface area contributed by atoms with E-state index >= 15 is 0 Å². The highest BCUT2D eigenvalue weighted by atomic mass is 35.5. The number of rotatable bonds is 6. The van der Waals surface area contributed by atoms with E-state index in [4.69, 9.17) is 9.47 Å². The van der Waals surface area contributed by atoms with Gasteiger partial charge in [0.25, 0.3) is 5.91 Å². The van der Waals surface area contributed by atoms with Gasteiger partial charge in [-0.3, -0.25) is 4.79 Å². The van der Waals surface area contributed by atoms with Crippen LogP contribution in [0, 0.1) is 5.92 Å². The van der Waals surface area contributed by atoms with Gasteiger partial charge >= 0.3 is 0 Å². The number of nitrogens with zero attached hydrogens (tertiary/aromatic N) is 1. The monoisotopic (exact) mass is 382 g/mol. The van der Waals surface area contributed by atoms with Crippen LogP contribution < -0.4 is 10.1 Å². The molecule has 5 nitrogen and oxygen atoms in total. The fourth-order valence-electron chi connectivity index (χ4n) is 3.62. The minimum atomic E-state index is 0. The number of nitrogens with one attached hydrogen (secondary N) is 1. The quantitative estimate of drug-likeness (QED) is 0.821. The third-order valence-corrected chi connectivity index (χ3v) is 5.28. The lowest BCUT2D eigenvalue weighted by Gasteiger charge is -2.32. The number of carbonyl (C=O) groups excluding carboxylic acids is 1. The Bertz CT molecular complexity index is 538. The summed E-state index contributed by atoms with van der Waals surface area (Å²) in [6.45, 7) is 4.34. The molecule has 2 saturated heterocycles. The topological polar surface area (TPSA) is 50.8 Å². The SMILES string of the molecule is CNCCC1CCN(C(=O)c2ccc(OC3CCOCC3)cc2)CC1.Cl. The average molecular weight is 383 g/mol. The summed E-state index contributed by atoms with van der Waals surface area (Å²) in [5.41, 5.74) is 0.757. The Morgan fingerprint density at radius 2 is 1.81 bits per heavy atom. The van der Waals surface area contributed by atoms with Gasteiger partial charge in [0.05, 0.1) is 13.2 Å². The maximum Gasteiger partial charge on any atom is 0.253 e. The molecule has 2 heterocycles. The highest BCUT2D eigenvalue weighted by molar-refractivity contribution is 5.94. The van der Waals surface area contributed by atoms with Gasteiger partial charge in [0, 0.05) is 31.5 Å². The first-order valence-corrected chi connectivity index (χ1v) is 9.54. The van der Waals surface area contributed by atoms with Gasteiger partial charge in [-0.1, -0.05) is 0 Å². The minimum Gasteiger partial charge on any atom is -0.490 e. The van der Waals surface area contributed by atoms with Crippen molar-refractivity contribution in [3.8, 4) is 5.75 Å². The molecule has 0 spiro atoms. The smallest absolute Gasteiger partial charge is 0.253 e. The number of ether oxygens (including phenoxy) is 2. The zero-order valence-electron chi connectivity index (χ0n) is 15.6.